The van der Waals surface area contributed by atoms with Gasteiger partial charge in [0.1, 0.15) is 0 Å². The Labute approximate surface area is 93.0 Å². The smallest absolute Gasteiger partial charge is 0.207 e. The zero-order valence-corrected chi connectivity index (χ0v) is 9.56. The van der Waals surface area contributed by atoms with E-state index in [1.807, 2.05) is 13.0 Å². The second kappa shape index (κ2) is 3.96. The molecule has 2 aromatic heterocycles. The highest BCUT2D eigenvalue weighted by atomic mass is 16.1. The fourth-order valence-electron chi connectivity index (χ4n) is 1.57. The van der Waals surface area contributed by atoms with Crippen LogP contribution in [-0.4, -0.2) is 26.2 Å². The first-order valence-corrected chi connectivity index (χ1v) is 5.27. The lowest BCUT2D eigenvalue weighted by atomic mass is 10.1. The lowest BCUT2D eigenvalue weighted by Crippen LogP contribution is -2.19. The van der Waals surface area contributed by atoms with Crippen molar-refractivity contribution in [3.05, 3.63) is 17.6 Å². The second-order valence-corrected chi connectivity index (χ2v) is 4.12. The molecule has 0 aliphatic heterocycles. The van der Waals surface area contributed by atoms with E-state index in [9.17, 15) is 4.79 Å². The molecule has 0 aliphatic carbocycles. The van der Waals surface area contributed by atoms with Crippen LogP contribution >= 0.6 is 0 Å². The van der Waals surface area contributed by atoms with E-state index in [4.69, 9.17) is 0 Å². The summed E-state index contributed by atoms with van der Waals surface area (Å²) >= 11 is 0. The molecule has 0 aliphatic rings. The normalized spacial score (nSPS) is 13.2. The van der Waals surface area contributed by atoms with Crippen molar-refractivity contribution in [1.29, 1.82) is 0 Å². The second-order valence-electron chi connectivity index (χ2n) is 4.12. The third kappa shape index (κ3) is 1.66. The van der Waals surface area contributed by atoms with Gasteiger partial charge in [-0.3, -0.25) is 9.89 Å². The molecule has 86 valence electrons. The quantitative estimate of drug-likeness (QED) is 0.756. The first kappa shape index (κ1) is 10.7. The lowest BCUT2D eigenvalue weighted by Gasteiger charge is -2.06. The molecule has 0 fully saturated rings. The van der Waals surface area contributed by atoms with Crippen LogP contribution in [0.4, 0.5) is 0 Å². The van der Waals surface area contributed by atoms with Crippen LogP contribution in [0.5, 0.6) is 0 Å². The number of H-pyrrole nitrogens is 1. The number of hydrogen-bond donors (Lipinski definition) is 2. The summed E-state index contributed by atoms with van der Waals surface area (Å²) in [5, 5.41) is 14.0. The Kier molecular flexibility index (Phi) is 2.64. The number of aromatic nitrogens is 4. The van der Waals surface area contributed by atoms with Gasteiger partial charge >= 0.3 is 0 Å². The Morgan fingerprint density at radius 3 is 2.81 bits per heavy atom. The molecule has 1 atom stereocenters. The summed E-state index contributed by atoms with van der Waals surface area (Å²) in [6.45, 7) is 6.07. The number of rotatable bonds is 4. The molecule has 0 radical (unpaired) electrons. The van der Waals surface area contributed by atoms with Gasteiger partial charge in [0.05, 0.1) is 6.04 Å². The zero-order chi connectivity index (χ0) is 11.7. The van der Waals surface area contributed by atoms with Crippen LogP contribution in [0.25, 0.3) is 5.65 Å². The maximum absolute atomic E-state index is 10.4. The molecule has 0 spiro atoms. The standard InChI is InChI=1S/C10H15N5O/c1-6(2)8-4-9-12-13-10(15(9)14-8)7(3)11-5-16/h4-7,14H,1-3H3,(H,11,16). The highest BCUT2D eigenvalue weighted by Gasteiger charge is 2.15. The Morgan fingerprint density at radius 2 is 2.19 bits per heavy atom. The van der Waals surface area contributed by atoms with Crippen molar-refractivity contribution in [2.24, 2.45) is 0 Å². The van der Waals surface area contributed by atoms with E-state index in [0.29, 0.717) is 18.2 Å². The number of carbonyl (C=O) groups is 1. The average Bonchev–Trinajstić information content (AvgIpc) is 2.75. The van der Waals surface area contributed by atoms with Gasteiger partial charge in [-0.1, -0.05) is 13.8 Å². The topological polar surface area (TPSA) is 75.1 Å². The highest BCUT2D eigenvalue weighted by Crippen LogP contribution is 2.17. The van der Waals surface area contributed by atoms with Gasteiger partial charge in [-0.15, -0.1) is 10.2 Å². The summed E-state index contributed by atoms with van der Waals surface area (Å²) in [5.41, 5.74) is 1.88. The minimum Gasteiger partial charge on any atom is -0.349 e. The van der Waals surface area contributed by atoms with Crippen LogP contribution < -0.4 is 5.32 Å². The summed E-state index contributed by atoms with van der Waals surface area (Å²) in [6, 6.07) is 1.81. The molecule has 0 saturated carbocycles. The van der Waals surface area contributed by atoms with Gasteiger partial charge in [-0.25, -0.2) is 4.52 Å². The molecule has 1 amide bonds. The Bertz CT molecular complexity index is 498. The lowest BCUT2D eigenvalue weighted by molar-refractivity contribution is -0.110. The minimum atomic E-state index is -0.161. The molecular weight excluding hydrogens is 206 g/mol. The van der Waals surface area contributed by atoms with Gasteiger partial charge in [-0.05, 0) is 12.8 Å². The molecule has 2 aromatic rings. The van der Waals surface area contributed by atoms with E-state index in [1.54, 1.807) is 4.52 Å². The van der Waals surface area contributed by atoms with E-state index >= 15 is 0 Å². The number of nitrogens with one attached hydrogen (secondary N) is 2. The van der Waals surface area contributed by atoms with Crippen molar-refractivity contribution in [2.75, 3.05) is 0 Å². The van der Waals surface area contributed by atoms with Crippen LogP contribution in [-0.2, 0) is 4.79 Å². The summed E-state index contributed by atoms with van der Waals surface area (Å²) < 4.78 is 1.80. The molecular formula is C10H15N5O. The van der Waals surface area contributed by atoms with Gasteiger partial charge in [0.2, 0.25) is 6.41 Å². The largest absolute Gasteiger partial charge is 0.349 e. The third-order valence-electron chi connectivity index (χ3n) is 2.57. The number of aromatic amines is 1. The Balaban J connectivity index is 2.42. The van der Waals surface area contributed by atoms with Crippen LogP contribution in [0.2, 0.25) is 0 Å². The maximum Gasteiger partial charge on any atom is 0.207 e. The molecule has 6 nitrogen and oxygen atoms in total. The fourth-order valence-corrected chi connectivity index (χ4v) is 1.57. The van der Waals surface area contributed by atoms with Crippen molar-refractivity contribution in [3.63, 3.8) is 0 Å². The summed E-state index contributed by atoms with van der Waals surface area (Å²) in [7, 11) is 0. The molecule has 0 aromatic carbocycles. The maximum atomic E-state index is 10.4. The molecule has 6 heteroatoms. The molecule has 0 saturated heterocycles. The number of fused-ring (bicyclic) bond motifs is 1. The first-order valence-electron chi connectivity index (χ1n) is 5.27. The number of nitrogens with zero attached hydrogens (tertiary/aromatic N) is 3. The van der Waals surface area contributed by atoms with Gasteiger partial charge in [0.15, 0.2) is 11.5 Å². The van der Waals surface area contributed by atoms with Crippen LogP contribution in [0, 0.1) is 0 Å². The summed E-state index contributed by atoms with van der Waals surface area (Å²) in [4.78, 5) is 10.4. The van der Waals surface area contributed by atoms with Gasteiger partial charge in [-0.2, -0.15) is 0 Å². The van der Waals surface area contributed by atoms with Crippen LogP contribution in [0.3, 0.4) is 0 Å². The van der Waals surface area contributed by atoms with Crippen LogP contribution in [0.1, 0.15) is 44.2 Å². The monoisotopic (exact) mass is 221 g/mol. The van der Waals surface area contributed by atoms with Crippen molar-refractivity contribution in [2.45, 2.75) is 32.7 Å². The molecule has 1 unspecified atom stereocenters. The van der Waals surface area contributed by atoms with Gasteiger partial charge in [0, 0.05) is 11.8 Å². The average molecular weight is 221 g/mol. The molecule has 0 bridgehead atoms. The Hall–Kier alpha value is -1.85. The Morgan fingerprint density at radius 1 is 1.44 bits per heavy atom. The van der Waals surface area contributed by atoms with E-state index in [-0.39, 0.29) is 6.04 Å². The minimum absolute atomic E-state index is 0.161. The zero-order valence-electron chi connectivity index (χ0n) is 9.56. The number of carbonyl (C=O) groups excluding carboxylic acids is 1. The molecule has 2 heterocycles. The first-order chi connectivity index (χ1) is 7.63. The van der Waals surface area contributed by atoms with E-state index < -0.39 is 0 Å². The number of hydrogen-bond acceptors (Lipinski definition) is 3. The predicted octanol–water partition coefficient (Wildman–Crippen LogP) is 0.988. The predicted molar refractivity (Wildman–Crippen MR) is 59.0 cm³/mol. The van der Waals surface area contributed by atoms with E-state index in [1.165, 1.54) is 0 Å². The van der Waals surface area contributed by atoms with Crippen molar-refractivity contribution in [1.82, 2.24) is 25.1 Å². The molecule has 2 N–H and O–H groups in total. The van der Waals surface area contributed by atoms with Crippen molar-refractivity contribution < 1.29 is 4.79 Å². The summed E-state index contributed by atoms with van der Waals surface area (Å²) in [5.74, 6) is 1.11. The van der Waals surface area contributed by atoms with Gasteiger partial charge < -0.3 is 5.32 Å². The molecule has 16 heavy (non-hydrogen) atoms. The van der Waals surface area contributed by atoms with E-state index in [0.717, 1.165) is 11.3 Å². The highest BCUT2D eigenvalue weighted by molar-refractivity contribution is 5.47. The SMILES string of the molecule is CC(C)c1cc2nnc(C(C)NC=O)n2[nH]1. The van der Waals surface area contributed by atoms with Gasteiger partial charge in [0.25, 0.3) is 0 Å². The summed E-state index contributed by atoms with van der Waals surface area (Å²) in [6.07, 6.45) is 0.665. The molecule has 2 rings (SSSR count). The fraction of sp³-hybridized carbons (Fsp3) is 0.500. The number of amides is 1. The van der Waals surface area contributed by atoms with E-state index in [2.05, 4.69) is 34.5 Å². The van der Waals surface area contributed by atoms with Crippen molar-refractivity contribution >= 4 is 12.1 Å². The van der Waals surface area contributed by atoms with Crippen molar-refractivity contribution in [3.8, 4) is 0 Å². The third-order valence-corrected chi connectivity index (χ3v) is 2.57. The van der Waals surface area contributed by atoms with Crippen LogP contribution in [0.15, 0.2) is 6.07 Å².